The minimum absolute atomic E-state index is 0.547. The molecule has 0 amide bonds. The van der Waals surface area contributed by atoms with Crippen LogP contribution in [0.4, 0.5) is 0 Å². The Morgan fingerprint density at radius 3 is 2.55 bits per heavy atom. The summed E-state index contributed by atoms with van der Waals surface area (Å²) in [5.74, 6) is 1.54. The second-order valence-corrected chi connectivity index (χ2v) is 5.35. The van der Waals surface area contributed by atoms with Gasteiger partial charge in [-0.25, -0.2) is 0 Å². The second-order valence-electron chi connectivity index (χ2n) is 5.35. The number of hydrogen-bond donors (Lipinski definition) is 1. The topological polar surface area (TPSA) is 41.9 Å². The zero-order chi connectivity index (χ0) is 14.7. The molecule has 0 spiro atoms. The Morgan fingerprint density at radius 2 is 1.95 bits per heavy atom. The van der Waals surface area contributed by atoms with Crippen molar-refractivity contribution >= 4 is 0 Å². The third-order valence-corrected chi connectivity index (χ3v) is 3.62. The van der Waals surface area contributed by atoms with Gasteiger partial charge >= 0.3 is 0 Å². The molecule has 0 saturated heterocycles. The van der Waals surface area contributed by atoms with Gasteiger partial charge in [-0.3, -0.25) is 4.90 Å². The van der Waals surface area contributed by atoms with E-state index in [1.807, 2.05) is 12.1 Å². The maximum absolute atomic E-state index is 10.4. The van der Waals surface area contributed by atoms with Gasteiger partial charge in [0.25, 0.3) is 0 Å². The lowest BCUT2D eigenvalue weighted by atomic mass is 9.95. The Hall–Kier alpha value is -1.52. The summed E-state index contributed by atoms with van der Waals surface area (Å²) in [5.41, 5.74) is 3.16. The van der Waals surface area contributed by atoms with E-state index in [1.165, 1.54) is 5.57 Å². The number of fused-ring (bicyclic) bond motifs is 1. The average Bonchev–Trinajstić information content (AvgIpc) is 2.43. The van der Waals surface area contributed by atoms with Gasteiger partial charge in [0.15, 0.2) is 0 Å². The highest BCUT2D eigenvalue weighted by atomic mass is 16.5. The zero-order valence-electron chi connectivity index (χ0n) is 12.6. The summed E-state index contributed by atoms with van der Waals surface area (Å²) in [6.45, 7) is 6.37. The van der Waals surface area contributed by atoms with Gasteiger partial charge in [0.05, 0.1) is 20.3 Å². The lowest BCUT2D eigenvalue weighted by Crippen LogP contribution is -2.34. The number of hydrogen-bond acceptors (Lipinski definition) is 4. The smallest absolute Gasteiger partial charge is 0.125 e. The Labute approximate surface area is 120 Å². The van der Waals surface area contributed by atoms with E-state index in [-0.39, 0.29) is 0 Å². The Morgan fingerprint density at radius 1 is 1.30 bits per heavy atom. The van der Waals surface area contributed by atoms with Crippen molar-refractivity contribution in [3.63, 3.8) is 0 Å². The van der Waals surface area contributed by atoms with E-state index in [4.69, 9.17) is 9.47 Å². The third kappa shape index (κ3) is 2.97. The molecule has 4 nitrogen and oxygen atoms in total. The zero-order valence-corrected chi connectivity index (χ0v) is 12.6. The molecule has 4 heteroatoms. The van der Waals surface area contributed by atoms with Gasteiger partial charge in [0, 0.05) is 30.8 Å². The molecule has 1 atom stereocenters. The number of benzene rings is 1. The fraction of sp³-hybridized carbons (Fsp3) is 0.500. The van der Waals surface area contributed by atoms with Crippen molar-refractivity contribution in [2.24, 2.45) is 0 Å². The van der Waals surface area contributed by atoms with Crippen LogP contribution in [0.15, 0.2) is 23.8 Å². The normalized spacial score (nSPS) is 18.4. The Bertz CT molecular complexity index is 507. The van der Waals surface area contributed by atoms with Crippen molar-refractivity contribution in [2.45, 2.75) is 26.5 Å². The van der Waals surface area contributed by atoms with E-state index in [0.29, 0.717) is 6.54 Å². The molecule has 0 unspecified atom stereocenters. The molecular formula is C16H23NO3. The van der Waals surface area contributed by atoms with E-state index < -0.39 is 6.10 Å². The molecule has 1 aliphatic heterocycles. The molecule has 0 saturated carbocycles. The van der Waals surface area contributed by atoms with E-state index in [2.05, 4.69) is 24.8 Å². The molecular weight excluding hydrogens is 254 g/mol. The second kappa shape index (κ2) is 6.29. The quantitative estimate of drug-likeness (QED) is 0.859. The molecule has 0 aliphatic carbocycles. The van der Waals surface area contributed by atoms with Crippen LogP contribution in [0.3, 0.4) is 0 Å². The minimum Gasteiger partial charge on any atom is -0.496 e. The first kappa shape index (κ1) is 14.9. The number of allylic oxidation sites excluding steroid dienone is 1. The van der Waals surface area contributed by atoms with E-state index in [0.717, 1.165) is 35.7 Å². The van der Waals surface area contributed by atoms with Crippen LogP contribution in [0.25, 0.3) is 0 Å². The molecule has 0 aromatic heterocycles. The fourth-order valence-electron chi connectivity index (χ4n) is 2.60. The van der Waals surface area contributed by atoms with Gasteiger partial charge in [0.2, 0.25) is 0 Å². The molecule has 2 rings (SSSR count). The first-order valence-corrected chi connectivity index (χ1v) is 6.84. The molecule has 20 heavy (non-hydrogen) atoms. The van der Waals surface area contributed by atoms with Crippen molar-refractivity contribution in [3.8, 4) is 11.5 Å². The van der Waals surface area contributed by atoms with Crippen molar-refractivity contribution in [2.75, 3.05) is 27.3 Å². The van der Waals surface area contributed by atoms with Crippen LogP contribution < -0.4 is 9.47 Å². The Balaban J connectivity index is 2.35. The summed E-state index contributed by atoms with van der Waals surface area (Å²) in [6.07, 6.45) is 1.62. The van der Waals surface area contributed by atoms with Crippen molar-refractivity contribution in [1.82, 2.24) is 4.90 Å². The van der Waals surface area contributed by atoms with Crippen LogP contribution in [0, 0.1) is 0 Å². The maximum Gasteiger partial charge on any atom is 0.125 e. The van der Waals surface area contributed by atoms with Gasteiger partial charge in [-0.15, -0.1) is 0 Å². The van der Waals surface area contributed by atoms with Crippen LogP contribution >= 0.6 is 0 Å². The highest BCUT2D eigenvalue weighted by Gasteiger charge is 2.28. The number of aliphatic hydroxyl groups excluding tert-OH is 1. The molecule has 1 N–H and O–H groups in total. The molecule has 110 valence electrons. The third-order valence-electron chi connectivity index (χ3n) is 3.62. The molecule has 1 heterocycles. The lowest BCUT2D eigenvalue weighted by molar-refractivity contribution is 0.0952. The number of rotatable bonds is 4. The summed E-state index contributed by atoms with van der Waals surface area (Å²) in [5, 5.41) is 10.4. The SMILES string of the molecule is COc1ccc(OC)c2c1CN(CC=C(C)C)C[C@H]2O. The molecule has 0 fully saturated rings. The highest BCUT2D eigenvalue weighted by molar-refractivity contribution is 5.51. The van der Waals surface area contributed by atoms with Crippen LogP contribution in [-0.4, -0.2) is 37.3 Å². The fourth-order valence-corrected chi connectivity index (χ4v) is 2.60. The van der Waals surface area contributed by atoms with Crippen molar-refractivity contribution in [1.29, 1.82) is 0 Å². The van der Waals surface area contributed by atoms with Gasteiger partial charge in [0.1, 0.15) is 11.5 Å². The summed E-state index contributed by atoms with van der Waals surface area (Å²) in [6, 6.07) is 3.75. The van der Waals surface area contributed by atoms with Crippen molar-refractivity contribution in [3.05, 3.63) is 34.9 Å². The lowest BCUT2D eigenvalue weighted by Gasteiger charge is -2.33. The largest absolute Gasteiger partial charge is 0.496 e. The van der Waals surface area contributed by atoms with Gasteiger partial charge in [-0.1, -0.05) is 11.6 Å². The van der Waals surface area contributed by atoms with Crippen LogP contribution in [0.5, 0.6) is 11.5 Å². The number of β-amino-alcohol motifs (C(OH)–C–C–N with tert-alkyl or cyclic N) is 1. The average molecular weight is 277 g/mol. The van der Waals surface area contributed by atoms with Crippen LogP contribution in [0.1, 0.15) is 31.1 Å². The summed E-state index contributed by atoms with van der Waals surface area (Å²) in [4.78, 5) is 2.21. The number of nitrogens with zero attached hydrogens (tertiary/aromatic N) is 1. The maximum atomic E-state index is 10.4. The summed E-state index contributed by atoms with van der Waals surface area (Å²) >= 11 is 0. The molecule has 1 aliphatic rings. The molecule has 1 aromatic carbocycles. The van der Waals surface area contributed by atoms with Crippen molar-refractivity contribution < 1.29 is 14.6 Å². The Kier molecular flexibility index (Phi) is 4.68. The highest BCUT2D eigenvalue weighted by Crippen LogP contribution is 2.39. The summed E-state index contributed by atoms with van der Waals surface area (Å²) < 4.78 is 10.8. The van der Waals surface area contributed by atoms with E-state index in [9.17, 15) is 5.11 Å². The predicted octanol–water partition coefficient (Wildman–Crippen LogP) is 2.52. The van der Waals surface area contributed by atoms with Gasteiger partial charge in [-0.2, -0.15) is 0 Å². The van der Waals surface area contributed by atoms with E-state index in [1.54, 1.807) is 14.2 Å². The standard InChI is InChI=1S/C16H23NO3/c1-11(2)7-8-17-9-12-14(19-3)5-6-15(20-4)16(12)13(18)10-17/h5-7,13,18H,8-10H2,1-4H3/t13-/m1/s1. The molecule has 0 bridgehead atoms. The minimum atomic E-state index is -0.547. The van der Waals surface area contributed by atoms with Crippen LogP contribution in [0.2, 0.25) is 0 Å². The summed E-state index contributed by atoms with van der Waals surface area (Å²) in [7, 11) is 3.29. The number of methoxy groups -OCH3 is 2. The predicted molar refractivity (Wildman–Crippen MR) is 79.2 cm³/mol. The first-order valence-electron chi connectivity index (χ1n) is 6.84. The molecule has 0 radical (unpaired) electrons. The van der Waals surface area contributed by atoms with E-state index >= 15 is 0 Å². The monoisotopic (exact) mass is 277 g/mol. The molecule has 1 aromatic rings. The first-order chi connectivity index (χ1) is 9.56. The van der Waals surface area contributed by atoms with Gasteiger partial charge < -0.3 is 14.6 Å². The number of ether oxygens (including phenoxy) is 2. The van der Waals surface area contributed by atoms with Gasteiger partial charge in [-0.05, 0) is 26.0 Å². The number of aliphatic hydroxyl groups is 1. The van der Waals surface area contributed by atoms with Crippen LogP contribution in [-0.2, 0) is 6.54 Å².